The molecule has 2 amide bonds. The highest BCUT2D eigenvalue weighted by molar-refractivity contribution is 8.01. The molecular weight excluding hydrogens is 380 g/mol. The number of benzene rings is 3. The Morgan fingerprint density at radius 2 is 1.62 bits per heavy atom. The van der Waals surface area contributed by atoms with Gasteiger partial charge in [-0.05, 0) is 35.7 Å². The molecule has 29 heavy (non-hydrogen) atoms. The summed E-state index contributed by atoms with van der Waals surface area (Å²) in [6.45, 7) is 1.96. The third kappa shape index (κ3) is 4.51. The lowest BCUT2D eigenvalue weighted by Gasteiger charge is -2.24. The number of hydrogen-bond acceptors (Lipinski definition) is 3. The maximum atomic E-state index is 12.5. The molecule has 146 valence electrons. The molecule has 3 aromatic rings. The second kappa shape index (κ2) is 8.53. The third-order valence-corrected chi connectivity index (χ3v) is 6.25. The van der Waals surface area contributed by atoms with Gasteiger partial charge in [0, 0.05) is 11.3 Å². The van der Waals surface area contributed by atoms with E-state index in [4.69, 9.17) is 0 Å². The molecule has 1 aliphatic rings. The lowest BCUT2D eigenvalue weighted by Crippen LogP contribution is -2.35. The SMILES string of the molecule is C[C@H](NC(=O)C[C@@H]1Sc2ccccc2NC1=O)c1ccc(-c2ccccc2)cc1. The summed E-state index contributed by atoms with van der Waals surface area (Å²) in [4.78, 5) is 25.8. The fourth-order valence-corrected chi connectivity index (χ4v) is 4.48. The van der Waals surface area contributed by atoms with Gasteiger partial charge in [-0.3, -0.25) is 9.59 Å². The zero-order valence-corrected chi connectivity index (χ0v) is 16.9. The lowest BCUT2D eigenvalue weighted by atomic mass is 10.0. The minimum absolute atomic E-state index is 0.122. The molecule has 0 radical (unpaired) electrons. The van der Waals surface area contributed by atoms with E-state index < -0.39 is 5.25 Å². The number of para-hydroxylation sites is 1. The normalized spacial score (nSPS) is 16.4. The van der Waals surface area contributed by atoms with Crippen LogP contribution < -0.4 is 10.6 Å². The fraction of sp³-hybridized carbons (Fsp3) is 0.167. The van der Waals surface area contributed by atoms with E-state index in [1.807, 2.05) is 61.5 Å². The molecule has 4 nitrogen and oxygen atoms in total. The minimum Gasteiger partial charge on any atom is -0.350 e. The van der Waals surface area contributed by atoms with Crippen molar-refractivity contribution in [1.82, 2.24) is 5.32 Å². The molecule has 1 aliphatic heterocycles. The van der Waals surface area contributed by atoms with Gasteiger partial charge in [-0.25, -0.2) is 0 Å². The first-order valence-corrected chi connectivity index (χ1v) is 10.5. The molecule has 0 spiro atoms. The van der Waals surface area contributed by atoms with Crippen molar-refractivity contribution in [1.29, 1.82) is 0 Å². The van der Waals surface area contributed by atoms with Crippen molar-refractivity contribution in [2.75, 3.05) is 5.32 Å². The summed E-state index contributed by atoms with van der Waals surface area (Å²) in [7, 11) is 0. The number of thioether (sulfide) groups is 1. The highest BCUT2D eigenvalue weighted by Gasteiger charge is 2.29. The van der Waals surface area contributed by atoms with Crippen LogP contribution in [-0.4, -0.2) is 17.1 Å². The van der Waals surface area contributed by atoms with Gasteiger partial charge in [0.05, 0.1) is 17.0 Å². The summed E-state index contributed by atoms with van der Waals surface area (Å²) in [5.41, 5.74) is 4.15. The fourth-order valence-electron chi connectivity index (χ4n) is 3.37. The van der Waals surface area contributed by atoms with Gasteiger partial charge in [0.15, 0.2) is 0 Å². The Kier molecular flexibility index (Phi) is 5.67. The summed E-state index contributed by atoms with van der Waals surface area (Å²) in [5.74, 6) is -0.250. The average molecular weight is 403 g/mol. The molecule has 2 atom stereocenters. The summed E-state index contributed by atoms with van der Waals surface area (Å²) in [6, 6.07) is 25.9. The van der Waals surface area contributed by atoms with E-state index in [9.17, 15) is 9.59 Å². The Hall–Kier alpha value is -3.05. The van der Waals surface area contributed by atoms with Gasteiger partial charge in [0.2, 0.25) is 11.8 Å². The number of hydrogen-bond donors (Lipinski definition) is 2. The van der Waals surface area contributed by atoms with Crippen LogP contribution in [0.3, 0.4) is 0 Å². The van der Waals surface area contributed by atoms with Crippen LogP contribution in [0, 0.1) is 0 Å². The van der Waals surface area contributed by atoms with Crippen molar-refractivity contribution in [3.8, 4) is 11.1 Å². The second-order valence-electron chi connectivity index (χ2n) is 7.07. The van der Waals surface area contributed by atoms with Gasteiger partial charge < -0.3 is 10.6 Å². The highest BCUT2D eigenvalue weighted by Crippen LogP contribution is 2.36. The molecule has 4 rings (SSSR count). The van der Waals surface area contributed by atoms with E-state index in [0.29, 0.717) is 0 Å². The summed E-state index contributed by atoms with van der Waals surface area (Å²) >= 11 is 1.44. The monoisotopic (exact) mass is 402 g/mol. The van der Waals surface area contributed by atoms with Crippen molar-refractivity contribution in [2.24, 2.45) is 0 Å². The maximum Gasteiger partial charge on any atom is 0.238 e. The van der Waals surface area contributed by atoms with Crippen LogP contribution in [0.25, 0.3) is 11.1 Å². The Morgan fingerprint density at radius 1 is 0.966 bits per heavy atom. The van der Waals surface area contributed by atoms with Gasteiger partial charge in [-0.1, -0.05) is 66.7 Å². The number of carbonyl (C=O) groups excluding carboxylic acids is 2. The maximum absolute atomic E-state index is 12.5. The molecule has 0 saturated carbocycles. The number of nitrogens with one attached hydrogen (secondary N) is 2. The molecule has 5 heteroatoms. The van der Waals surface area contributed by atoms with Crippen molar-refractivity contribution in [3.05, 3.63) is 84.4 Å². The van der Waals surface area contributed by atoms with E-state index in [1.165, 1.54) is 11.8 Å². The first kappa shape index (κ1) is 19.3. The van der Waals surface area contributed by atoms with Crippen molar-refractivity contribution >= 4 is 29.3 Å². The molecular formula is C24H22N2O2S. The van der Waals surface area contributed by atoms with Crippen molar-refractivity contribution < 1.29 is 9.59 Å². The van der Waals surface area contributed by atoms with E-state index in [1.54, 1.807) is 0 Å². The topological polar surface area (TPSA) is 58.2 Å². The van der Waals surface area contributed by atoms with Crippen molar-refractivity contribution in [2.45, 2.75) is 29.5 Å². The van der Waals surface area contributed by atoms with E-state index in [-0.39, 0.29) is 24.3 Å². The second-order valence-corrected chi connectivity index (χ2v) is 8.32. The average Bonchev–Trinajstić information content (AvgIpc) is 2.75. The number of rotatable bonds is 5. The predicted octanol–water partition coefficient (Wildman–Crippen LogP) is 5.03. The largest absolute Gasteiger partial charge is 0.350 e. The Morgan fingerprint density at radius 3 is 2.38 bits per heavy atom. The smallest absolute Gasteiger partial charge is 0.238 e. The van der Waals surface area contributed by atoms with Crippen LogP contribution in [0.1, 0.15) is 24.9 Å². The molecule has 0 aliphatic carbocycles. The number of anilines is 1. The van der Waals surface area contributed by atoms with Crippen LogP contribution in [0.2, 0.25) is 0 Å². The standard InChI is InChI=1S/C24H22N2O2S/c1-16(17-11-13-19(14-12-17)18-7-3-2-4-8-18)25-23(27)15-22-24(28)26-20-9-5-6-10-21(20)29-22/h2-14,16,22H,15H2,1H3,(H,25,27)(H,26,28)/t16-,22-/m0/s1. The summed E-state index contributed by atoms with van der Waals surface area (Å²) < 4.78 is 0. The highest BCUT2D eigenvalue weighted by atomic mass is 32.2. The molecule has 0 bridgehead atoms. The van der Waals surface area contributed by atoms with Crippen LogP contribution >= 0.6 is 11.8 Å². The molecule has 0 saturated heterocycles. The van der Waals surface area contributed by atoms with Gasteiger partial charge in [0.1, 0.15) is 0 Å². The molecule has 0 aromatic heterocycles. The van der Waals surface area contributed by atoms with Crippen LogP contribution in [0.5, 0.6) is 0 Å². The van der Waals surface area contributed by atoms with Crippen LogP contribution in [0.15, 0.2) is 83.8 Å². The van der Waals surface area contributed by atoms with Gasteiger partial charge in [-0.2, -0.15) is 0 Å². The predicted molar refractivity (Wildman–Crippen MR) is 118 cm³/mol. The molecule has 1 heterocycles. The van der Waals surface area contributed by atoms with Gasteiger partial charge in [0.25, 0.3) is 0 Å². The van der Waals surface area contributed by atoms with E-state index in [2.05, 4.69) is 34.9 Å². The summed E-state index contributed by atoms with van der Waals surface area (Å²) in [6.07, 6.45) is 0.150. The van der Waals surface area contributed by atoms with E-state index in [0.717, 1.165) is 27.3 Å². The zero-order chi connectivity index (χ0) is 20.2. The molecule has 3 aromatic carbocycles. The number of fused-ring (bicyclic) bond motifs is 1. The Bertz CT molecular complexity index is 1020. The summed E-state index contributed by atoms with van der Waals surface area (Å²) in [5, 5.41) is 5.48. The number of amides is 2. The third-order valence-electron chi connectivity index (χ3n) is 4.97. The first-order valence-electron chi connectivity index (χ1n) is 9.61. The van der Waals surface area contributed by atoms with Crippen LogP contribution in [0.4, 0.5) is 5.69 Å². The molecule has 0 fully saturated rings. The first-order chi connectivity index (χ1) is 14.1. The van der Waals surface area contributed by atoms with Crippen molar-refractivity contribution in [3.63, 3.8) is 0 Å². The zero-order valence-electron chi connectivity index (χ0n) is 16.1. The Labute approximate surface area is 174 Å². The molecule has 0 unspecified atom stereocenters. The lowest BCUT2D eigenvalue weighted by molar-refractivity contribution is -0.124. The minimum atomic E-state index is -0.419. The van der Waals surface area contributed by atoms with Gasteiger partial charge >= 0.3 is 0 Å². The quantitative estimate of drug-likeness (QED) is 0.629. The van der Waals surface area contributed by atoms with Crippen LogP contribution in [-0.2, 0) is 9.59 Å². The van der Waals surface area contributed by atoms with E-state index >= 15 is 0 Å². The van der Waals surface area contributed by atoms with Gasteiger partial charge in [-0.15, -0.1) is 11.8 Å². The number of carbonyl (C=O) groups is 2. The Balaban J connectivity index is 1.37. The molecule has 2 N–H and O–H groups in total.